The van der Waals surface area contributed by atoms with Crippen molar-refractivity contribution >= 4 is 39.6 Å². The smallest absolute Gasteiger partial charge is 0.274 e. The highest BCUT2D eigenvalue weighted by molar-refractivity contribution is 7.92. The first-order chi connectivity index (χ1) is 15.1. The molecule has 32 heavy (non-hydrogen) atoms. The van der Waals surface area contributed by atoms with Crippen molar-refractivity contribution in [3.8, 4) is 0 Å². The van der Waals surface area contributed by atoms with Gasteiger partial charge in [0.1, 0.15) is 12.0 Å². The Balaban J connectivity index is 2.46. The second-order valence-electron chi connectivity index (χ2n) is 7.03. The van der Waals surface area contributed by atoms with E-state index in [1.165, 1.54) is 31.3 Å². The molecule has 2 rings (SSSR count). The van der Waals surface area contributed by atoms with E-state index in [1.807, 2.05) is 0 Å². The number of nitrogens with two attached hydrogens (primary N) is 2. The van der Waals surface area contributed by atoms with Gasteiger partial charge in [0.05, 0.1) is 16.6 Å². The molecule has 0 aliphatic carbocycles. The number of nitrogens with zero attached hydrogens (tertiary/aromatic N) is 2. The minimum absolute atomic E-state index is 0.0450. The second kappa shape index (κ2) is 10.6. The summed E-state index contributed by atoms with van der Waals surface area (Å²) >= 11 is 0. The highest BCUT2D eigenvalue weighted by Gasteiger charge is 2.28. The fourth-order valence-corrected chi connectivity index (χ4v) is 4.27. The third kappa shape index (κ3) is 6.17. The number of amides is 1. The molecule has 0 spiro atoms. The van der Waals surface area contributed by atoms with Crippen LogP contribution in [0.4, 0.5) is 11.4 Å². The number of carbonyl (C=O) groups excluding carboxylic acids is 2. The van der Waals surface area contributed by atoms with E-state index in [0.29, 0.717) is 18.3 Å². The molecule has 1 heterocycles. The summed E-state index contributed by atoms with van der Waals surface area (Å²) in [4.78, 5) is 44.0. The maximum Gasteiger partial charge on any atom is 0.274 e. The topological polar surface area (TPSA) is 181 Å². The largest absolute Gasteiger partial charge is 0.370 e. The van der Waals surface area contributed by atoms with E-state index in [4.69, 9.17) is 11.5 Å². The molecule has 2 aromatic rings. The zero-order chi connectivity index (χ0) is 23.9. The molecule has 0 unspecified atom stereocenters. The van der Waals surface area contributed by atoms with Crippen molar-refractivity contribution in [3.63, 3.8) is 0 Å². The van der Waals surface area contributed by atoms with Crippen LogP contribution in [0.1, 0.15) is 25.3 Å². The molecule has 0 aliphatic rings. The van der Waals surface area contributed by atoms with Gasteiger partial charge < -0.3 is 26.1 Å². The predicted molar refractivity (Wildman–Crippen MR) is 122 cm³/mol. The highest BCUT2D eigenvalue weighted by Crippen LogP contribution is 2.27. The number of aliphatic imine (C=N–C) groups is 1. The molecule has 0 saturated heterocycles. The first-order valence-electron chi connectivity index (χ1n) is 9.68. The number of aromatic amines is 1. The summed E-state index contributed by atoms with van der Waals surface area (Å²) in [6.07, 6.45) is 2.38. The minimum atomic E-state index is -4.14. The lowest BCUT2D eigenvalue weighted by Gasteiger charge is -2.28. The Morgan fingerprint density at radius 3 is 2.62 bits per heavy atom. The van der Waals surface area contributed by atoms with Crippen molar-refractivity contribution in [2.75, 3.05) is 16.2 Å². The predicted octanol–water partition coefficient (Wildman–Crippen LogP) is 0.458. The fourth-order valence-electron chi connectivity index (χ4n) is 3.09. The number of aldehydes is 1. The van der Waals surface area contributed by atoms with E-state index in [1.54, 1.807) is 19.1 Å². The number of aromatic nitrogens is 1. The van der Waals surface area contributed by atoms with Crippen LogP contribution in [0.2, 0.25) is 0 Å². The van der Waals surface area contributed by atoms with Crippen molar-refractivity contribution in [2.24, 2.45) is 16.5 Å². The summed E-state index contributed by atoms with van der Waals surface area (Å²) in [5, 5.41) is 0. The van der Waals surface area contributed by atoms with Crippen LogP contribution in [0.15, 0.2) is 51.2 Å². The number of sulfonamides is 1. The summed E-state index contributed by atoms with van der Waals surface area (Å²) < 4.78 is 28.0. The van der Waals surface area contributed by atoms with E-state index in [2.05, 4.69) is 14.7 Å². The number of nitrogens with one attached hydrogen (secondary N) is 2. The van der Waals surface area contributed by atoms with Gasteiger partial charge in [-0.1, -0.05) is 12.1 Å². The number of guanidine groups is 1. The van der Waals surface area contributed by atoms with Gasteiger partial charge in [-0.05, 0) is 43.5 Å². The van der Waals surface area contributed by atoms with Crippen molar-refractivity contribution in [1.29, 1.82) is 0 Å². The molecule has 0 fully saturated rings. The molecule has 11 nitrogen and oxygen atoms in total. The third-order valence-corrected chi connectivity index (χ3v) is 5.86. The first-order valence-corrected chi connectivity index (χ1v) is 11.2. The molecule has 12 heteroatoms. The molecule has 0 saturated carbocycles. The van der Waals surface area contributed by atoms with Gasteiger partial charge in [0.2, 0.25) is 5.91 Å². The van der Waals surface area contributed by atoms with Gasteiger partial charge in [0.15, 0.2) is 5.96 Å². The Morgan fingerprint density at radius 1 is 1.31 bits per heavy atom. The zero-order valence-corrected chi connectivity index (χ0v) is 18.6. The van der Waals surface area contributed by atoms with E-state index >= 15 is 0 Å². The quantitative estimate of drug-likeness (QED) is 0.171. The number of H-pyrrole nitrogens is 1. The van der Waals surface area contributed by atoms with Gasteiger partial charge in [-0.15, -0.1) is 0 Å². The second-order valence-corrected chi connectivity index (χ2v) is 8.71. The van der Waals surface area contributed by atoms with Crippen LogP contribution in [0.5, 0.6) is 0 Å². The van der Waals surface area contributed by atoms with E-state index < -0.39 is 27.5 Å². The first kappa shape index (κ1) is 24.6. The maximum atomic E-state index is 12.9. The summed E-state index contributed by atoms with van der Waals surface area (Å²) in [6, 6.07) is 6.51. The number of benzene rings is 1. The average Bonchev–Trinajstić information content (AvgIpc) is 2.71. The van der Waals surface area contributed by atoms with E-state index in [0.717, 1.165) is 4.90 Å². The lowest BCUT2D eigenvalue weighted by atomic mass is 10.1. The molecule has 6 N–H and O–H groups in total. The summed E-state index contributed by atoms with van der Waals surface area (Å²) in [7, 11) is -4.14. The molecular formula is C20H26N6O5S. The Bertz CT molecular complexity index is 1170. The Morgan fingerprint density at radius 2 is 2.03 bits per heavy atom. The summed E-state index contributed by atoms with van der Waals surface area (Å²) in [5.74, 6) is -0.649. The summed E-state index contributed by atoms with van der Waals surface area (Å²) in [6.45, 7) is 3.18. The number of hydrogen-bond donors (Lipinski definition) is 4. The number of anilines is 2. The van der Waals surface area contributed by atoms with Crippen molar-refractivity contribution in [2.45, 2.75) is 37.6 Å². The van der Waals surface area contributed by atoms with Gasteiger partial charge in [-0.25, -0.2) is 8.42 Å². The molecule has 0 bridgehead atoms. The maximum absolute atomic E-state index is 12.9. The monoisotopic (exact) mass is 462 g/mol. The molecule has 1 amide bonds. The Labute approximate surface area is 185 Å². The number of carbonyl (C=O) groups is 2. The lowest BCUT2D eigenvalue weighted by Crippen LogP contribution is -2.41. The summed E-state index contributed by atoms with van der Waals surface area (Å²) in [5.41, 5.74) is 10.1. The Hall–Kier alpha value is -3.67. The van der Waals surface area contributed by atoms with Gasteiger partial charge in [-0.2, -0.15) is 0 Å². The fraction of sp³-hybridized carbons (Fsp3) is 0.300. The molecule has 1 atom stereocenters. The molecule has 1 aromatic carbocycles. The zero-order valence-electron chi connectivity index (χ0n) is 17.7. The van der Waals surface area contributed by atoms with Crippen molar-refractivity contribution in [3.05, 3.63) is 52.4 Å². The number of pyridine rings is 1. The van der Waals surface area contributed by atoms with Crippen LogP contribution in [-0.2, 0) is 19.6 Å². The highest BCUT2D eigenvalue weighted by atomic mass is 32.2. The van der Waals surface area contributed by atoms with E-state index in [-0.39, 0.29) is 35.2 Å². The third-order valence-electron chi connectivity index (χ3n) is 4.51. The minimum Gasteiger partial charge on any atom is -0.370 e. The van der Waals surface area contributed by atoms with Crippen LogP contribution in [0, 0.1) is 6.92 Å². The normalized spacial score (nSPS) is 11.9. The molecular weight excluding hydrogens is 436 g/mol. The average molecular weight is 463 g/mol. The lowest BCUT2D eigenvalue weighted by molar-refractivity contribution is -0.119. The number of hydrogen-bond acceptors (Lipinski definition) is 6. The molecule has 172 valence electrons. The molecule has 0 aliphatic heterocycles. The van der Waals surface area contributed by atoms with Crippen LogP contribution >= 0.6 is 0 Å². The van der Waals surface area contributed by atoms with Crippen LogP contribution in [0.25, 0.3) is 0 Å². The Kier molecular flexibility index (Phi) is 8.13. The van der Waals surface area contributed by atoms with Gasteiger partial charge in [-0.3, -0.25) is 19.3 Å². The van der Waals surface area contributed by atoms with Gasteiger partial charge in [0.25, 0.3) is 15.6 Å². The van der Waals surface area contributed by atoms with Crippen LogP contribution in [0.3, 0.4) is 0 Å². The SMILES string of the molecule is CC(=O)N(c1cc[nH]c(=O)c1NS(=O)(=O)c1cccc(C)c1)[C@H](C=O)CCCN=C(N)N. The molecule has 0 radical (unpaired) electrons. The number of aryl methyl sites for hydroxylation is 1. The van der Waals surface area contributed by atoms with Crippen LogP contribution in [-0.4, -0.2) is 44.1 Å². The number of rotatable bonds is 10. The van der Waals surface area contributed by atoms with Gasteiger partial charge >= 0.3 is 0 Å². The standard InChI is InChI=1S/C20H26N6O5S/c1-13-5-3-7-16(11-13)32(30,31)25-18-17(8-10-23-19(18)29)26(14(2)28)15(12-27)6-4-9-24-20(21)22/h3,5,7-8,10-12,15,25H,4,6,9H2,1-2H3,(H,23,29)(H4,21,22,24)/t15-/m0/s1. The van der Waals surface area contributed by atoms with E-state index in [9.17, 15) is 22.8 Å². The van der Waals surface area contributed by atoms with Crippen molar-refractivity contribution in [1.82, 2.24) is 4.98 Å². The molecule has 1 aromatic heterocycles. The van der Waals surface area contributed by atoms with Crippen LogP contribution < -0.4 is 26.6 Å². The van der Waals surface area contributed by atoms with Crippen molar-refractivity contribution < 1.29 is 18.0 Å². The van der Waals surface area contributed by atoms with Gasteiger partial charge in [0, 0.05) is 19.7 Å².